The molecule has 0 bridgehead atoms. The van der Waals surface area contributed by atoms with Crippen molar-refractivity contribution in [2.24, 2.45) is 0 Å². The Morgan fingerprint density at radius 1 is 1.24 bits per heavy atom. The number of sulfonamides is 1. The number of piperazine rings is 1. The third-order valence-electron chi connectivity index (χ3n) is 3.85. The van der Waals surface area contributed by atoms with Gasteiger partial charge in [0.25, 0.3) is 5.69 Å². The van der Waals surface area contributed by atoms with Crippen LogP contribution in [-0.4, -0.2) is 55.3 Å². The third-order valence-corrected chi connectivity index (χ3v) is 5.89. The van der Waals surface area contributed by atoms with Crippen LogP contribution in [0.25, 0.3) is 0 Å². The second-order valence-electron chi connectivity index (χ2n) is 5.00. The third kappa shape index (κ3) is 3.07. The molecule has 1 saturated heterocycles. The summed E-state index contributed by atoms with van der Waals surface area (Å²) in [6.07, 6.45) is 0. The molecular formula is C13H19N3O4S. The van der Waals surface area contributed by atoms with E-state index in [-0.39, 0.29) is 16.1 Å². The lowest BCUT2D eigenvalue weighted by Gasteiger charge is -2.33. The van der Waals surface area contributed by atoms with Crippen molar-refractivity contribution in [2.45, 2.75) is 18.7 Å². The van der Waals surface area contributed by atoms with Gasteiger partial charge in [0, 0.05) is 37.8 Å². The summed E-state index contributed by atoms with van der Waals surface area (Å²) in [5.74, 6) is 0. The second-order valence-corrected chi connectivity index (χ2v) is 6.90. The zero-order valence-electron chi connectivity index (χ0n) is 12.2. The van der Waals surface area contributed by atoms with Gasteiger partial charge in [0.05, 0.1) is 9.82 Å². The fraction of sp³-hybridized carbons (Fsp3) is 0.538. The van der Waals surface area contributed by atoms with Crippen LogP contribution < -0.4 is 0 Å². The van der Waals surface area contributed by atoms with E-state index in [0.29, 0.717) is 26.2 Å². The molecule has 116 valence electrons. The van der Waals surface area contributed by atoms with E-state index in [4.69, 9.17) is 0 Å². The highest BCUT2D eigenvalue weighted by Gasteiger charge is 2.31. The zero-order valence-corrected chi connectivity index (χ0v) is 13.0. The van der Waals surface area contributed by atoms with Crippen LogP contribution in [0.3, 0.4) is 0 Å². The summed E-state index contributed by atoms with van der Waals surface area (Å²) >= 11 is 0. The van der Waals surface area contributed by atoms with Gasteiger partial charge in [0.1, 0.15) is 0 Å². The highest BCUT2D eigenvalue weighted by Crippen LogP contribution is 2.27. The SMILES string of the molecule is CCN1CCN(S(=O)(=O)c2cccc([N+](=O)[O-])c2C)CC1. The average Bonchev–Trinajstić information content (AvgIpc) is 2.47. The Morgan fingerprint density at radius 2 is 1.86 bits per heavy atom. The molecule has 21 heavy (non-hydrogen) atoms. The van der Waals surface area contributed by atoms with Gasteiger partial charge < -0.3 is 4.90 Å². The molecule has 8 heteroatoms. The molecule has 0 amide bonds. The maximum atomic E-state index is 12.7. The van der Waals surface area contributed by atoms with Crippen LogP contribution in [0.4, 0.5) is 5.69 Å². The first-order chi connectivity index (χ1) is 9.87. The predicted molar refractivity (Wildman–Crippen MR) is 78.7 cm³/mol. The van der Waals surface area contributed by atoms with Gasteiger partial charge in [0.2, 0.25) is 10.0 Å². The van der Waals surface area contributed by atoms with Crippen molar-refractivity contribution in [3.8, 4) is 0 Å². The number of hydrogen-bond acceptors (Lipinski definition) is 5. The normalized spacial score (nSPS) is 17.8. The van der Waals surface area contributed by atoms with E-state index in [1.165, 1.54) is 29.4 Å². The molecule has 1 heterocycles. The van der Waals surface area contributed by atoms with Crippen molar-refractivity contribution >= 4 is 15.7 Å². The summed E-state index contributed by atoms with van der Waals surface area (Å²) in [5.41, 5.74) is 0.0312. The first kappa shape index (κ1) is 15.9. The number of benzene rings is 1. The summed E-state index contributed by atoms with van der Waals surface area (Å²) in [6, 6.07) is 4.17. The summed E-state index contributed by atoms with van der Waals surface area (Å²) in [7, 11) is -3.68. The van der Waals surface area contributed by atoms with Crippen LogP contribution in [0.2, 0.25) is 0 Å². The molecule has 1 fully saturated rings. The van der Waals surface area contributed by atoms with Crippen molar-refractivity contribution in [2.75, 3.05) is 32.7 Å². The van der Waals surface area contributed by atoms with Gasteiger partial charge in [-0.15, -0.1) is 0 Å². The molecule has 2 rings (SSSR count). The van der Waals surface area contributed by atoms with E-state index >= 15 is 0 Å². The lowest BCUT2D eigenvalue weighted by atomic mass is 10.2. The molecule has 0 atom stereocenters. The number of nitro groups is 1. The van der Waals surface area contributed by atoms with E-state index in [1.807, 2.05) is 6.92 Å². The maximum absolute atomic E-state index is 12.7. The molecule has 7 nitrogen and oxygen atoms in total. The Bertz CT molecular complexity index is 637. The summed E-state index contributed by atoms with van der Waals surface area (Å²) in [4.78, 5) is 12.6. The van der Waals surface area contributed by atoms with Crippen LogP contribution in [0.15, 0.2) is 23.1 Å². The van der Waals surface area contributed by atoms with E-state index in [1.54, 1.807) is 0 Å². The lowest BCUT2D eigenvalue weighted by molar-refractivity contribution is -0.385. The van der Waals surface area contributed by atoms with Crippen LogP contribution >= 0.6 is 0 Å². The molecule has 0 spiro atoms. The Kier molecular flexibility index (Phi) is 4.60. The summed E-state index contributed by atoms with van der Waals surface area (Å²) < 4.78 is 26.7. The molecule has 1 aliphatic rings. The minimum absolute atomic E-state index is 0.0293. The molecule has 0 aliphatic carbocycles. The Balaban J connectivity index is 2.33. The monoisotopic (exact) mass is 313 g/mol. The molecule has 0 saturated carbocycles. The van der Waals surface area contributed by atoms with Crippen molar-refractivity contribution in [1.82, 2.24) is 9.21 Å². The first-order valence-corrected chi connectivity index (χ1v) is 8.28. The average molecular weight is 313 g/mol. The number of nitrogens with zero attached hydrogens (tertiary/aromatic N) is 3. The second kappa shape index (κ2) is 6.08. The van der Waals surface area contributed by atoms with Crippen LogP contribution in [0.5, 0.6) is 0 Å². The van der Waals surface area contributed by atoms with Gasteiger partial charge in [-0.3, -0.25) is 10.1 Å². The largest absolute Gasteiger partial charge is 0.301 e. The van der Waals surface area contributed by atoms with E-state index in [9.17, 15) is 18.5 Å². The fourth-order valence-electron chi connectivity index (χ4n) is 2.51. The molecule has 0 radical (unpaired) electrons. The van der Waals surface area contributed by atoms with Crippen LogP contribution in [-0.2, 0) is 10.0 Å². The topological polar surface area (TPSA) is 83.8 Å². The number of likely N-dealkylation sites (N-methyl/N-ethyl adjacent to an activating group) is 1. The van der Waals surface area contributed by atoms with Gasteiger partial charge in [-0.2, -0.15) is 4.31 Å². The molecule has 1 aromatic carbocycles. The minimum Gasteiger partial charge on any atom is -0.301 e. The number of nitro benzene ring substituents is 1. The Morgan fingerprint density at radius 3 is 2.38 bits per heavy atom. The highest BCUT2D eigenvalue weighted by molar-refractivity contribution is 7.89. The fourth-order valence-corrected chi connectivity index (χ4v) is 4.17. The number of rotatable bonds is 4. The van der Waals surface area contributed by atoms with Gasteiger partial charge in [-0.05, 0) is 19.5 Å². The van der Waals surface area contributed by atoms with Gasteiger partial charge >= 0.3 is 0 Å². The van der Waals surface area contributed by atoms with Crippen molar-refractivity contribution in [1.29, 1.82) is 0 Å². The quantitative estimate of drug-likeness (QED) is 0.616. The maximum Gasteiger partial charge on any atom is 0.273 e. The predicted octanol–water partition coefficient (Wildman–Crippen LogP) is 1.23. The van der Waals surface area contributed by atoms with Crippen LogP contribution in [0.1, 0.15) is 12.5 Å². The van der Waals surface area contributed by atoms with E-state index in [2.05, 4.69) is 4.90 Å². The number of hydrogen-bond donors (Lipinski definition) is 0. The lowest BCUT2D eigenvalue weighted by Crippen LogP contribution is -2.48. The van der Waals surface area contributed by atoms with Gasteiger partial charge in [0.15, 0.2) is 0 Å². The van der Waals surface area contributed by atoms with Crippen LogP contribution in [0, 0.1) is 17.0 Å². The van der Waals surface area contributed by atoms with Crippen molar-refractivity contribution < 1.29 is 13.3 Å². The molecule has 0 unspecified atom stereocenters. The molecule has 1 aromatic rings. The molecule has 0 N–H and O–H groups in total. The van der Waals surface area contributed by atoms with Gasteiger partial charge in [-0.25, -0.2) is 8.42 Å². The Labute approximate surface area is 124 Å². The Hall–Kier alpha value is -1.51. The van der Waals surface area contributed by atoms with Crippen molar-refractivity contribution in [3.05, 3.63) is 33.9 Å². The van der Waals surface area contributed by atoms with Crippen molar-refractivity contribution in [3.63, 3.8) is 0 Å². The first-order valence-electron chi connectivity index (χ1n) is 6.84. The molecule has 1 aliphatic heterocycles. The highest BCUT2D eigenvalue weighted by atomic mass is 32.2. The standard InChI is InChI=1S/C13H19N3O4S/c1-3-14-7-9-15(10-8-14)21(19,20)13-6-4-5-12(11(13)2)16(17)18/h4-6H,3,7-10H2,1-2H3. The molecular weight excluding hydrogens is 294 g/mol. The summed E-state index contributed by atoms with van der Waals surface area (Å²) in [6.45, 7) is 6.61. The van der Waals surface area contributed by atoms with E-state index < -0.39 is 14.9 Å². The smallest absolute Gasteiger partial charge is 0.273 e. The zero-order chi connectivity index (χ0) is 15.6. The van der Waals surface area contributed by atoms with Gasteiger partial charge in [-0.1, -0.05) is 13.0 Å². The van der Waals surface area contributed by atoms with E-state index in [0.717, 1.165) is 6.54 Å². The minimum atomic E-state index is -3.68. The summed E-state index contributed by atoms with van der Waals surface area (Å²) in [5, 5.41) is 10.9. The molecule has 0 aromatic heterocycles.